The first-order valence-electron chi connectivity index (χ1n) is 6.57. The Bertz CT molecular complexity index is 808. The van der Waals surface area contributed by atoms with Gasteiger partial charge in [0.1, 0.15) is 5.69 Å². The molecule has 6 heteroatoms. The highest BCUT2D eigenvalue weighted by atomic mass is 16.3. The lowest BCUT2D eigenvalue weighted by Crippen LogP contribution is -2.26. The van der Waals surface area contributed by atoms with Crippen LogP contribution >= 0.6 is 0 Å². The molecule has 0 unspecified atom stereocenters. The molecule has 0 aliphatic carbocycles. The Balaban J connectivity index is 2.37. The molecule has 0 saturated heterocycles. The number of nitrogens with two attached hydrogens (primary N) is 1. The minimum absolute atomic E-state index is 0.173. The van der Waals surface area contributed by atoms with Crippen LogP contribution in [0.1, 0.15) is 6.92 Å². The number of pyridine rings is 1. The van der Waals surface area contributed by atoms with Gasteiger partial charge in [0.2, 0.25) is 5.95 Å². The summed E-state index contributed by atoms with van der Waals surface area (Å²) in [5, 5.41) is 0. The average Bonchev–Trinajstić information content (AvgIpc) is 3.02. The number of hydrogen-bond acceptors (Lipinski definition) is 5. The molecule has 0 radical (unpaired) electrons. The van der Waals surface area contributed by atoms with Crippen LogP contribution in [-0.2, 0) is 6.54 Å². The van der Waals surface area contributed by atoms with Gasteiger partial charge in [-0.25, -0.2) is 4.98 Å². The van der Waals surface area contributed by atoms with E-state index >= 15 is 0 Å². The Labute approximate surface area is 120 Å². The Hall–Kier alpha value is -2.89. The van der Waals surface area contributed by atoms with Gasteiger partial charge in [0, 0.05) is 18.9 Å². The number of aromatic nitrogens is 3. The van der Waals surface area contributed by atoms with Crippen LogP contribution in [0.15, 0.2) is 52.1 Å². The fourth-order valence-electron chi connectivity index (χ4n) is 2.25. The van der Waals surface area contributed by atoms with Crippen molar-refractivity contribution in [2.24, 2.45) is 0 Å². The van der Waals surface area contributed by atoms with Gasteiger partial charge in [-0.3, -0.25) is 14.3 Å². The zero-order valence-corrected chi connectivity index (χ0v) is 11.5. The lowest BCUT2D eigenvalue weighted by Gasteiger charge is -2.12. The van der Waals surface area contributed by atoms with Gasteiger partial charge < -0.3 is 10.2 Å². The molecule has 0 atom stereocenters. The van der Waals surface area contributed by atoms with Crippen molar-refractivity contribution in [1.29, 1.82) is 0 Å². The van der Waals surface area contributed by atoms with Crippen LogP contribution in [-0.4, -0.2) is 14.5 Å². The van der Waals surface area contributed by atoms with Crippen molar-refractivity contribution in [3.63, 3.8) is 0 Å². The van der Waals surface area contributed by atoms with E-state index in [-0.39, 0.29) is 11.5 Å². The van der Waals surface area contributed by atoms with Crippen LogP contribution in [0, 0.1) is 0 Å². The Morgan fingerprint density at radius 2 is 2.05 bits per heavy atom. The third kappa shape index (κ3) is 2.20. The van der Waals surface area contributed by atoms with E-state index in [2.05, 4.69) is 9.97 Å². The van der Waals surface area contributed by atoms with Gasteiger partial charge in [0.05, 0.1) is 11.8 Å². The second-order valence-corrected chi connectivity index (χ2v) is 4.46. The van der Waals surface area contributed by atoms with E-state index in [1.54, 1.807) is 36.7 Å². The predicted octanol–water partition coefficient (Wildman–Crippen LogP) is 2.17. The number of hydrogen-bond donors (Lipinski definition) is 1. The SMILES string of the molecule is CCn1c(N)nc(-c2ccco2)c(-c2ccncc2)c1=O. The fourth-order valence-corrected chi connectivity index (χ4v) is 2.25. The third-order valence-corrected chi connectivity index (χ3v) is 3.24. The van der Waals surface area contributed by atoms with E-state index in [0.29, 0.717) is 23.6 Å². The molecule has 0 saturated carbocycles. The summed E-state index contributed by atoms with van der Waals surface area (Å²) >= 11 is 0. The van der Waals surface area contributed by atoms with Crippen molar-refractivity contribution in [2.75, 3.05) is 5.73 Å². The molecular formula is C15H14N4O2. The molecule has 3 heterocycles. The second kappa shape index (κ2) is 5.24. The number of anilines is 1. The van der Waals surface area contributed by atoms with Crippen LogP contribution in [0.3, 0.4) is 0 Å². The van der Waals surface area contributed by atoms with E-state index in [1.165, 1.54) is 10.8 Å². The lowest BCUT2D eigenvalue weighted by atomic mass is 10.1. The molecule has 106 valence electrons. The van der Waals surface area contributed by atoms with Gasteiger partial charge in [-0.05, 0) is 36.8 Å². The minimum Gasteiger partial charge on any atom is -0.463 e. The molecule has 0 amide bonds. The van der Waals surface area contributed by atoms with Crippen molar-refractivity contribution in [2.45, 2.75) is 13.5 Å². The zero-order chi connectivity index (χ0) is 14.8. The number of nitrogen functional groups attached to an aromatic ring is 1. The summed E-state index contributed by atoms with van der Waals surface area (Å²) in [5.41, 5.74) is 7.33. The van der Waals surface area contributed by atoms with E-state index in [4.69, 9.17) is 10.2 Å². The van der Waals surface area contributed by atoms with Crippen LogP contribution < -0.4 is 11.3 Å². The predicted molar refractivity (Wildman–Crippen MR) is 79.5 cm³/mol. The summed E-state index contributed by atoms with van der Waals surface area (Å²) in [5.74, 6) is 0.681. The van der Waals surface area contributed by atoms with Crippen molar-refractivity contribution in [3.8, 4) is 22.6 Å². The molecule has 0 fully saturated rings. The monoisotopic (exact) mass is 282 g/mol. The van der Waals surface area contributed by atoms with E-state index in [0.717, 1.165) is 5.56 Å². The van der Waals surface area contributed by atoms with Gasteiger partial charge in [-0.15, -0.1) is 0 Å². The highest BCUT2D eigenvalue weighted by Crippen LogP contribution is 2.28. The fraction of sp³-hybridized carbons (Fsp3) is 0.133. The van der Waals surface area contributed by atoms with Gasteiger partial charge in [-0.1, -0.05) is 0 Å². The van der Waals surface area contributed by atoms with Crippen LogP contribution in [0.2, 0.25) is 0 Å². The molecule has 21 heavy (non-hydrogen) atoms. The molecule has 3 aromatic rings. The number of furan rings is 1. The molecule has 2 N–H and O–H groups in total. The van der Waals surface area contributed by atoms with E-state index in [1.807, 2.05) is 6.92 Å². The van der Waals surface area contributed by atoms with Crippen LogP contribution in [0.5, 0.6) is 0 Å². The summed E-state index contributed by atoms with van der Waals surface area (Å²) in [6, 6.07) is 7.03. The first kappa shape index (κ1) is 13.1. The quantitative estimate of drug-likeness (QED) is 0.795. The Morgan fingerprint density at radius 3 is 2.67 bits per heavy atom. The maximum atomic E-state index is 12.7. The topological polar surface area (TPSA) is 86.9 Å². The maximum absolute atomic E-state index is 12.7. The van der Waals surface area contributed by atoms with Gasteiger partial charge in [-0.2, -0.15) is 0 Å². The largest absolute Gasteiger partial charge is 0.463 e. The summed E-state index contributed by atoms with van der Waals surface area (Å²) in [4.78, 5) is 21.0. The Morgan fingerprint density at radius 1 is 1.29 bits per heavy atom. The molecular weight excluding hydrogens is 268 g/mol. The molecule has 0 spiro atoms. The number of nitrogens with zero attached hydrogens (tertiary/aromatic N) is 3. The van der Waals surface area contributed by atoms with Crippen molar-refractivity contribution in [1.82, 2.24) is 14.5 Å². The molecule has 0 bridgehead atoms. The average molecular weight is 282 g/mol. The first-order valence-corrected chi connectivity index (χ1v) is 6.57. The van der Waals surface area contributed by atoms with Gasteiger partial charge >= 0.3 is 0 Å². The second-order valence-electron chi connectivity index (χ2n) is 4.46. The van der Waals surface area contributed by atoms with E-state index in [9.17, 15) is 4.79 Å². The van der Waals surface area contributed by atoms with Crippen LogP contribution in [0.25, 0.3) is 22.6 Å². The zero-order valence-electron chi connectivity index (χ0n) is 11.5. The molecule has 3 rings (SSSR count). The normalized spacial score (nSPS) is 10.7. The highest BCUT2D eigenvalue weighted by molar-refractivity contribution is 5.78. The van der Waals surface area contributed by atoms with Gasteiger partial charge in [0.15, 0.2) is 5.76 Å². The molecule has 6 nitrogen and oxygen atoms in total. The molecule has 3 aromatic heterocycles. The van der Waals surface area contributed by atoms with E-state index < -0.39 is 0 Å². The maximum Gasteiger partial charge on any atom is 0.263 e. The smallest absolute Gasteiger partial charge is 0.263 e. The highest BCUT2D eigenvalue weighted by Gasteiger charge is 2.19. The summed E-state index contributed by atoms with van der Waals surface area (Å²) in [6.07, 6.45) is 4.80. The molecule has 0 aliphatic rings. The molecule has 0 aromatic carbocycles. The number of rotatable bonds is 3. The standard InChI is InChI=1S/C15H14N4O2/c1-2-19-14(20)12(10-5-7-17-8-6-10)13(18-15(19)16)11-4-3-9-21-11/h3-9H,2H2,1H3,(H2,16,18). The Kier molecular flexibility index (Phi) is 3.27. The lowest BCUT2D eigenvalue weighted by molar-refractivity contribution is 0.579. The summed E-state index contributed by atoms with van der Waals surface area (Å²) < 4.78 is 6.82. The minimum atomic E-state index is -0.192. The summed E-state index contributed by atoms with van der Waals surface area (Å²) in [6.45, 7) is 2.30. The first-order chi connectivity index (χ1) is 10.2. The molecule has 0 aliphatic heterocycles. The van der Waals surface area contributed by atoms with Crippen molar-refractivity contribution >= 4 is 5.95 Å². The summed E-state index contributed by atoms with van der Waals surface area (Å²) in [7, 11) is 0. The van der Waals surface area contributed by atoms with Crippen molar-refractivity contribution in [3.05, 3.63) is 53.3 Å². The van der Waals surface area contributed by atoms with Gasteiger partial charge in [0.25, 0.3) is 5.56 Å². The van der Waals surface area contributed by atoms with Crippen molar-refractivity contribution < 1.29 is 4.42 Å². The third-order valence-electron chi connectivity index (χ3n) is 3.24. The van der Waals surface area contributed by atoms with Crippen LogP contribution in [0.4, 0.5) is 5.95 Å².